The van der Waals surface area contributed by atoms with Crippen molar-refractivity contribution >= 4 is 24.0 Å². The highest BCUT2D eigenvalue weighted by Gasteiger charge is 2.33. The summed E-state index contributed by atoms with van der Waals surface area (Å²) in [5.41, 5.74) is 5.94. The molecule has 6 nitrogen and oxygen atoms in total. The molecule has 1 aliphatic rings. The zero-order valence-electron chi connectivity index (χ0n) is 6.14. The third kappa shape index (κ3) is 0.746. The van der Waals surface area contributed by atoms with Gasteiger partial charge in [0.1, 0.15) is 5.82 Å². The van der Waals surface area contributed by atoms with Crippen LogP contribution >= 0.6 is 0 Å². The summed E-state index contributed by atoms with van der Waals surface area (Å²) in [6.45, 7) is 3.50. The van der Waals surface area contributed by atoms with Gasteiger partial charge in [-0.05, 0) is 6.07 Å². The minimum Gasteiger partial charge on any atom is -0.588 e. The Morgan fingerprint density at radius 3 is 3.00 bits per heavy atom. The summed E-state index contributed by atoms with van der Waals surface area (Å²) in [5, 5.41) is 14.5. The molecule has 2 rings (SSSR count). The Bertz CT molecular complexity index is 397. The first-order valence-electron chi connectivity index (χ1n) is 3.24. The molecular formula is C6H6N5O+. The SMILES string of the molecule is C=[N+]1N=[N+]([O-])c2nc(N)ccc21. The van der Waals surface area contributed by atoms with E-state index in [-0.39, 0.29) is 5.82 Å². The van der Waals surface area contributed by atoms with Gasteiger partial charge in [-0.15, -0.1) is 0 Å². The maximum absolute atomic E-state index is 11.0. The molecule has 2 N–H and O–H groups in total. The molecule has 0 aliphatic carbocycles. The zero-order chi connectivity index (χ0) is 8.72. The molecule has 0 unspecified atom stereocenters. The number of anilines is 1. The summed E-state index contributed by atoms with van der Waals surface area (Å²) in [5.74, 6) is 0.477. The molecule has 6 heteroatoms. The van der Waals surface area contributed by atoms with Gasteiger partial charge >= 0.3 is 11.5 Å². The molecule has 1 aromatic heterocycles. The molecule has 1 aliphatic heterocycles. The molecule has 0 saturated heterocycles. The molecule has 0 fully saturated rings. The van der Waals surface area contributed by atoms with Crippen LogP contribution in [0, 0.1) is 5.21 Å². The summed E-state index contributed by atoms with van der Waals surface area (Å²) < 4.78 is 1.20. The van der Waals surface area contributed by atoms with E-state index in [1.54, 1.807) is 12.1 Å². The second-order valence-corrected chi connectivity index (χ2v) is 2.34. The molecule has 2 heterocycles. The molecule has 12 heavy (non-hydrogen) atoms. The first kappa shape index (κ1) is 6.71. The minimum atomic E-state index is 0.185. The largest absolute Gasteiger partial charge is 0.588 e. The van der Waals surface area contributed by atoms with E-state index in [0.717, 1.165) is 0 Å². The summed E-state index contributed by atoms with van der Waals surface area (Å²) in [6.07, 6.45) is 0. The van der Waals surface area contributed by atoms with E-state index >= 15 is 0 Å². The fourth-order valence-corrected chi connectivity index (χ4v) is 0.987. The van der Waals surface area contributed by atoms with Gasteiger partial charge in [0.2, 0.25) is 0 Å². The van der Waals surface area contributed by atoms with Gasteiger partial charge in [0.05, 0.1) is 0 Å². The van der Waals surface area contributed by atoms with Crippen molar-refractivity contribution in [2.24, 2.45) is 5.22 Å². The Balaban J connectivity index is 2.69. The Labute approximate surface area is 67.8 Å². The fourth-order valence-electron chi connectivity index (χ4n) is 0.987. The second-order valence-electron chi connectivity index (χ2n) is 2.34. The van der Waals surface area contributed by atoms with E-state index in [0.29, 0.717) is 16.4 Å². The van der Waals surface area contributed by atoms with Crippen molar-refractivity contribution < 1.29 is 9.55 Å². The third-order valence-corrected chi connectivity index (χ3v) is 1.52. The average Bonchev–Trinajstić information content (AvgIpc) is 2.28. The Kier molecular flexibility index (Phi) is 1.12. The van der Waals surface area contributed by atoms with Gasteiger partial charge in [0.15, 0.2) is 6.72 Å². The van der Waals surface area contributed by atoms with Crippen LogP contribution in [-0.4, -0.2) is 21.2 Å². The zero-order valence-corrected chi connectivity index (χ0v) is 6.14. The molecule has 0 radical (unpaired) electrons. The minimum absolute atomic E-state index is 0.185. The quantitative estimate of drug-likeness (QED) is 0.448. The predicted octanol–water partition coefficient (Wildman–Crippen LogP) is 0.531. The van der Waals surface area contributed by atoms with E-state index in [1.165, 1.54) is 4.68 Å². The Hall–Kier alpha value is -1.98. The first-order valence-corrected chi connectivity index (χ1v) is 3.24. The van der Waals surface area contributed by atoms with Crippen LogP contribution in [0.2, 0.25) is 0 Å². The van der Waals surface area contributed by atoms with Gasteiger partial charge in [-0.3, -0.25) is 0 Å². The van der Waals surface area contributed by atoms with Gasteiger partial charge in [-0.25, -0.2) is 0 Å². The lowest BCUT2D eigenvalue weighted by atomic mass is 10.4. The van der Waals surface area contributed by atoms with Crippen molar-refractivity contribution in [3.05, 3.63) is 17.3 Å². The van der Waals surface area contributed by atoms with Gasteiger partial charge < -0.3 is 10.9 Å². The summed E-state index contributed by atoms with van der Waals surface area (Å²) >= 11 is 0. The van der Waals surface area contributed by atoms with Crippen LogP contribution in [0.1, 0.15) is 0 Å². The summed E-state index contributed by atoms with van der Waals surface area (Å²) in [6, 6.07) is 3.23. The van der Waals surface area contributed by atoms with Crippen molar-refractivity contribution in [3.63, 3.8) is 0 Å². The van der Waals surface area contributed by atoms with E-state index in [1.807, 2.05) is 0 Å². The monoisotopic (exact) mass is 164 g/mol. The van der Waals surface area contributed by atoms with Crippen molar-refractivity contribution in [2.45, 2.75) is 0 Å². The number of rotatable bonds is 0. The van der Waals surface area contributed by atoms with Crippen LogP contribution in [0.5, 0.6) is 0 Å². The molecule has 0 atom stereocenters. The lowest BCUT2D eigenvalue weighted by Gasteiger charge is -1.89. The van der Waals surface area contributed by atoms with Crippen molar-refractivity contribution in [1.29, 1.82) is 0 Å². The van der Waals surface area contributed by atoms with Crippen LogP contribution in [0.4, 0.5) is 17.3 Å². The van der Waals surface area contributed by atoms with Crippen LogP contribution < -0.4 is 5.73 Å². The normalized spacial score (nSPS) is 14.3. The molecular weight excluding hydrogens is 158 g/mol. The molecule has 0 saturated carbocycles. The van der Waals surface area contributed by atoms with E-state index in [9.17, 15) is 5.21 Å². The maximum Gasteiger partial charge on any atom is 0.422 e. The number of nitrogen functional groups attached to an aromatic ring is 1. The number of pyridine rings is 1. The average molecular weight is 164 g/mol. The molecule has 60 valence electrons. The van der Waals surface area contributed by atoms with E-state index in [2.05, 4.69) is 16.9 Å². The highest BCUT2D eigenvalue weighted by Crippen LogP contribution is 2.30. The van der Waals surface area contributed by atoms with Crippen LogP contribution in [0.3, 0.4) is 0 Å². The first-order chi connectivity index (χ1) is 5.68. The number of nitrogens with two attached hydrogens (primary N) is 1. The number of hydrogen-bond acceptors (Lipinski definition) is 4. The highest BCUT2D eigenvalue weighted by molar-refractivity contribution is 5.53. The topological polar surface area (TPSA) is 80.3 Å². The van der Waals surface area contributed by atoms with Gasteiger partial charge in [-0.2, -0.15) is 4.98 Å². The highest BCUT2D eigenvalue weighted by atomic mass is 16.5. The standard InChI is InChI=1S/C6H6N5O/c1-10-4-2-3-5(7)8-6(4)11(12)9-10/h2-3H,1H2,(H2,7,8)/q+1. The van der Waals surface area contributed by atoms with Crippen molar-refractivity contribution in [1.82, 2.24) is 4.98 Å². The maximum atomic E-state index is 11.0. The fraction of sp³-hybridized carbons (Fsp3) is 0. The smallest absolute Gasteiger partial charge is 0.422 e. The van der Waals surface area contributed by atoms with Crippen molar-refractivity contribution in [2.75, 3.05) is 5.73 Å². The Morgan fingerprint density at radius 2 is 2.25 bits per heavy atom. The van der Waals surface area contributed by atoms with E-state index < -0.39 is 0 Å². The molecule has 0 aromatic carbocycles. The van der Waals surface area contributed by atoms with Gasteiger partial charge in [0.25, 0.3) is 5.22 Å². The van der Waals surface area contributed by atoms with Crippen LogP contribution in [-0.2, 0) is 0 Å². The number of nitrogens with zero attached hydrogens (tertiary/aromatic N) is 4. The van der Waals surface area contributed by atoms with Gasteiger partial charge in [0, 0.05) is 15.6 Å². The second kappa shape index (κ2) is 2.00. The molecule has 0 spiro atoms. The Morgan fingerprint density at radius 1 is 1.50 bits per heavy atom. The lowest BCUT2D eigenvalue weighted by molar-refractivity contribution is -0.584. The van der Waals surface area contributed by atoms with Gasteiger partial charge in [-0.1, -0.05) is 0 Å². The summed E-state index contributed by atoms with van der Waals surface area (Å²) in [7, 11) is 0. The molecule has 0 amide bonds. The predicted molar refractivity (Wildman–Crippen MR) is 41.4 cm³/mol. The van der Waals surface area contributed by atoms with Crippen LogP contribution in [0.25, 0.3) is 0 Å². The number of aromatic nitrogens is 1. The number of hydrogen-bond donors (Lipinski definition) is 1. The van der Waals surface area contributed by atoms with Crippen molar-refractivity contribution in [3.8, 4) is 0 Å². The molecule has 1 aromatic rings. The van der Waals surface area contributed by atoms with Crippen LogP contribution in [0.15, 0.2) is 17.4 Å². The van der Waals surface area contributed by atoms with E-state index in [4.69, 9.17) is 5.73 Å². The molecule has 0 bridgehead atoms. The number of fused-ring (bicyclic) bond motifs is 1. The third-order valence-electron chi connectivity index (χ3n) is 1.52. The lowest BCUT2D eigenvalue weighted by Crippen LogP contribution is -1.94. The summed E-state index contributed by atoms with van der Waals surface area (Å²) in [4.78, 5) is 4.19.